The highest BCUT2D eigenvalue weighted by molar-refractivity contribution is 7.89. The average molecular weight is 575 g/mol. The van der Waals surface area contributed by atoms with E-state index in [0.717, 1.165) is 18.9 Å². The normalized spacial score (nSPS) is 19.9. The largest absolute Gasteiger partial charge is 0.487 e. The second kappa shape index (κ2) is 10.6. The molecule has 2 fully saturated rings. The number of halogens is 3. The van der Waals surface area contributed by atoms with Crippen molar-refractivity contribution in [2.45, 2.75) is 56.1 Å². The Balaban J connectivity index is 1.69. The summed E-state index contributed by atoms with van der Waals surface area (Å²) in [6.45, 7) is 5.69. The van der Waals surface area contributed by atoms with Crippen molar-refractivity contribution in [3.05, 3.63) is 51.8 Å². The third-order valence-corrected chi connectivity index (χ3v) is 8.63. The van der Waals surface area contributed by atoms with Gasteiger partial charge in [-0.3, -0.25) is 4.79 Å². The highest BCUT2D eigenvalue weighted by Crippen LogP contribution is 2.45. The van der Waals surface area contributed by atoms with Crippen molar-refractivity contribution in [2.75, 3.05) is 31.2 Å². The van der Waals surface area contributed by atoms with Crippen molar-refractivity contribution in [1.82, 2.24) is 9.62 Å². The zero-order chi connectivity index (χ0) is 27.1. The van der Waals surface area contributed by atoms with Crippen LogP contribution in [-0.4, -0.2) is 68.3 Å². The lowest BCUT2D eigenvalue weighted by molar-refractivity contribution is 0.0717. The van der Waals surface area contributed by atoms with Gasteiger partial charge in [-0.1, -0.05) is 23.2 Å². The molecule has 2 atom stereocenters. The van der Waals surface area contributed by atoms with Crippen LogP contribution in [0.3, 0.4) is 0 Å². The number of amides is 1. The molecular weight excluding hydrogens is 544 g/mol. The third-order valence-electron chi connectivity index (χ3n) is 6.30. The van der Waals surface area contributed by atoms with E-state index in [-0.39, 0.29) is 57.5 Å². The molecule has 0 aromatic heterocycles. The van der Waals surface area contributed by atoms with Crippen molar-refractivity contribution in [1.29, 1.82) is 0 Å². The van der Waals surface area contributed by atoms with Crippen LogP contribution in [0.2, 0.25) is 10.0 Å². The van der Waals surface area contributed by atoms with Crippen molar-refractivity contribution < 1.29 is 27.4 Å². The summed E-state index contributed by atoms with van der Waals surface area (Å²) in [6, 6.07) is 6.30. The van der Waals surface area contributed by atoms with Crippen molar-refractivity contribution >= 4 is 44.8 Å². The van der Waals surface area contributed by atoms with Crippen LogP contribution in [-0.2, 0) is 10.0 Å². The molecule has 8 nitrogen and oxygen atoms in total. The van der Waals surface area contributed by atoms with E-state index in [0.29, 0.717) is 18.8 Å². The highest BCUT2D eigenvalue weighted by atomic mass is 35.5. The first kappa shape index (κ1) is 27.9. The fourth-order valence-electron chi connectivity index (χ4n) is 4.95. The molecule has 0 radical (unpaired) electrons. The van der Waals surface area contributed by atoms with Crippen molar-refractivity contribution in [3.8, 4) is 5.75 Å². The van der Waals surface area contributed by atoms with E-state index in [9.17, 15) is 22.7 Å². The molecule has 2 aromatic carbocycles. The summed E-state index contributed by atoms with van der Waals surface area (Å²) in [4.78, 5) is 17.0. The topological polar surface area (TPSA) is 99.2 Å². The Bertz CT molecular complexity index is 1290. The lowest BCUT2D eigenvalue weighted by Crippen LogP contribution is -2.55. The maximum absolute atomic E-state index is 13.5. The number of piperazine rings is 1. The molecule has 12 heteroatoms. The molecule has 0 saturated carbocycles. The number of aliphatic hydroxyl groups excluding tert-OH is 1. The first-order valence-electron chi connectivity index (χ1n) is 11.9. The van der Waals surface area contributed by atoms with Gasteiger partial charge in [-0.05, 0) is 63.9 Å². The van der Waals surface area contributed by atoms with Crippen LogP contribution in [0.15, 0.2) is 35.2 Å². The summed E-state index contributed by atoms with van der Waals surface area (Å²) in [6.07, 6.45) is 1.53. The number of aliphatic hydroxyl groups is 1. The molecule has 0 spiro atoms. The van der Waals surface area contributed by atoms with Gasteiger partial charge in [0.25, 0.3) is 5.91 Å². The zero-order valence-corrected chi connectivity index (χ0v) is 23.1. The number of carbonyl (C=O) groups is 1. The van der Waals surface area contributed by atoms with Gasteiger partial charge in [-0.25, -0.2) is 17.5 Å². The third kappa shape index (κ3) is 5.98. The van der Waals surface area contributed by atoms with Gasteiger partial charge in [-0.15, -0.1) is 0 Å². The second-order valence-corrected chi connectivity index (χ2v) is 12.8. The molecule has 37 heavy (non-hydrogen) atoms. The van der Waals surface area contributed by atoms with Crippen LogP contribution in [0.4, 0.5) is 10.1 Å². The van der Waals surface area contributed by atoms with Gasteiger partial charge in [0, 0.05) is 30.7 Å². The summed E-state index contributed by atoms with van der Waals surface area (Å²) in [5.41, 5.74) is 0.0198. The number of rotatable bonds is 7. The Kier molecular flexibility index (Phi) is 7.97. The minimum absolute atomic E-state index is 0.00484. The molecule has 2 N–H and O–H groups in total. The van der Waals surface area contributed by atoms with Gasteiger partial charge in [0.1, 0.15) is 12.4 Å². The van der Waals surface area contributed by atoms with Crippen molar-refractivity contribution in [2.24, 2.45) is 0 Å². The lowest BCUT2D eigenvalue weighted by atomic mass is 10.1. The van der Waals surface area contributed by atoms with Crippen LogP contribution in [0.1, 0.15) is 44.0 Å². The molecule has 1 amide bonds. The molecule has 2 aliphatic heterocycles. The smallest absolute Gasteiger partial charge is 0.255 e. The van der Waals surface area contributed by atoms with Crippen LogP contribution in [0.5, 0.6) is 5.75 Å². The van der Waals surface area contributed by atoms with Gasteiger partial charge in [-0.2, -0.15) is 0 Å². The Morgan fingerprint density at radius 1 is 1.14 bits per heavy atom. The summed E-state index contributed by atoms with van der Waals surface area (Å²) < 4.78 is 48.2. The minimum Gasteiger partial charge on any atom is -0.487 e. The number of hydrogen-bond acceptors (Lipinski definition) is 6. The number of ether oxygens (including phenoxy) is 1. The molecule has 0 aliphatic carbocycles. The van der Waals surface area contributed by atoms with Crippen LogP contribution < -0.4 is 14.4 Å². The van der Waals surface area contributed by atoms with E-state index < -0.39 is 21.4 Å². The van der Waals surface area contributed by atoms with Crippen molar-refractivity contribution in [3.63, 3.8) is 0 Å². The minimum atomic E-state index is -3.90. The maximum Gasteiger partial charge on any atom is 0.255 e. The van der Waals surface area contributed by atoms with Crippen LogP contribution in [0.25, 0.3) is 0 Å². The lowest BCUT2D eigenvalue weighted by Gasteiger charge is -2.43. The Morgan fingerprint density at radius 2 is 1.78 bits per heavy atom. The first-order chi connectivity index (χ1) is 17.3. The number of fused-ring (bicyclic) bond motifs is 2. The maximum atomic E-state index is 13.5. The molecule has 2 heterocycles. The molecular formula is C25H30Cl2FN3O5S. The summed E-state index contributed by atoms with van der Waals surface area (Å²) in [5, 5.41) is 9.48. The number of carbonyl (C=O) groups excluding carboxylic acids is 1. The van der Waals surface area contributed by atoms with E-state index in [1.165, 1.54) is 24.3 Å². The standard InChI is InChI=1S/C25H30Cl2FN3O5S/c1-25(2,3)29-37(34,35)18-11-21(27)23(36-9-8-32)22(12-18)31-16-5-6-17(31)14-30(13-16)24(33)19-7-4-15(28)10-20(19)26/h4,7,10-12,16-17,29,32H,5-6,8-9,13-14H2,1-3H3. The number of benzene rings is 2. The quantitative estimate of drug-likeness (QED) is 0.518. The number of sulfonamides is 1. The Labute approximate surface area is 226 Å². The van der Waals surface area contributed by atoms with E-state index >= 15 is 0 Å². The fraction of sp³-hybridized carbons (Fsp3) is 0.480. The highest BCUT2D eigenvalue weighted by Gasteiger charge is 2.43. The SMILES string of the molecule is CC(C)(C)NS(=O)(=O)c1cc(Cl)c(OCCO)c(N2C3CCC2CN(C(=O)c2ccc(F)cc2Cl)C3)c1. The average Bonchev–Trinajstić information content (AvgIpc) is 3.04. The van der Waals surface area contributed by atoms with Gasteiger partial charge >= 0.3 is 0 Å². The van der Waals surface area contributed by atoms with Crippen LogP contribution in [0, 0.1) is 5.82 Å². The first-order valence-corrected chi connectivity index (χ1v) is 14.2. The number of nitrogens with zero attached hydrogens (tertiary/aromatic N) is 2. The molecule has 202 valence electrons. The molecule has 2 aromatic rings. The predicted molar refractivity (Wildman–Crippen MR) is 141 cm³/mol. The number of likely N-dealkylation sites (tertiary alicyclic amines) is 1. The van der Waals surface area contributed by atoms with Gasteiger partial charge in [0.2, 0.25) is 10.0 Å². The summed E-state index contributed by atoms with van der Waals surface area (Å²) >= 11 is 12.7. The molecule has 2 unspecified atom stereocenters. The summed E-state index contributed by atoms with van der Waals surface area (Å²) in [7, 11) is -3.90. The van der Waals surface area contributed by atoms with E-state index in [4.69, 9.17) is 27.9 Å². The van der Waals surface area contributed by atoms with Gasteiger partial charge in [0.05, 0.1) is 32.8 Å². The molecule has 2 bridgehead atoms. The Morgan fingerprint density at radius 3 is 2.35 bits per heavy atom. The van der Waals surface area contributed by atoms with E-state index in [1.54, 1.807) is 25.7 Å². The van der Waals surface area contributed by atoms with E-state index in [2.05, 4.69) is 9.62 Å². The van der Waals surface area contributed by atoms with Gasteiger partial charge in [0.15, 0.2) is 5.75 Å². The zero-order valence-electron chi connectivity index (χ0n) is 20.8. The predicted octanol–water partition coefficient (Wildman–Crippen LogP) is 4.07. The molecule has 2 aliphatic rings. The van der Waals surface area contributed by atoms with Crippen LogP contribution >= 0.6 is 23.2 Å². The number of nitrogens with one attached hydrogen (secondary N) is 1. The number of hydrogen-bond donors (Lipinski definition) is 2. The molecule has 4 rings (SSSR count). The number of anilines is 1. The van der Waals surface area contributed by atoms with Gasteiger partial charge < -0.3 is 19.6 Å². The monoisotopic (exact) mass is 573 g/mol. The fourth-order valence-corrected chi connectivity index (χ4v) is 7.00. The van der Waals surface area contributed by atoms with E-state index in [1.807, 2.05) is 0 Å². The second-order valence-electron chi connectivity index (χ2n) is 10.3. The Hall–Kier alpha value is -2.11. The molecule has 2 saturated heterocycles. The summed E-state index contributed by atoms with van der Waals surface area (Å²) in [5.74, 6) is -0.528.